The van der Waals surface area contributed by atoms with Crippen LogP contribution in [0.1, 0.15) is 48.7 Å². The van der Waals surface area contributed by atoms with Crippen LogP contribution in [0.3, 0.4) is 0 Å². The third-order valence-electron chi connectivity index (χ3n) is 4.21. The topological polar surface area (TPSA) is 64.1 Å². The van der Waals surface area contributed by atoms with Gasteiger partial charge in [0.15, 0.2) is 5.82 Å². The summed E-state index contributed by atoms with van der Waals surface area (Å²) in [5.74, 6) is 0.349. The highest BCUT2D eigenvalue weighted by Crippen LogP contribution is 2.24. The van der Waals surface area contributed by atoms with Crippen molar-refractivity contribution < 1.29 is 13.9 Å². The van der Waals surface area contributed by atoms with Gasteiger partial charge in [-0.1, -0.05) is 12.1 Å². The van der Waals surface area contributed by atoms with E-state index in [1.165, 1.54) is 12.1 Å². The third kappa shape index (κ3) is 5.32. The summed E-state index contributed by atoms with van der Waals surface area (Å²) < 4.78 is 18.8. The smallest absolute Gasteiger partial charge is 0.220 e. The fraction of sp³-hybridized carbons (Fsp3) is 0.421. The Balaban J connectivity index is 1.43. The van der Waals surface area contributed by atoms with Gasteiger partial charge in [-0.25, -0.2) is 14.4 Å². The molecule has 1 unspecified atom stereocenters. The number of nitrogens with one attached hydrogen (secondary N) is 1. The first-order valence-corrected chi connectivity index (χ1v) is 8.64. The second-order valence-corrected chi connectivity index (χ2v) is 6.21. The number of amides is 1. The molecule has 0 saturated carbocycles. The molecule has 0 spiro atoms. The summed E-state index contributed by atoms with van der Waals surface area (Å²) in [6.45, 7) is 1.14. The summed E-state index contributed by atoms with van der Waals surface area (Å²) in [5, 5.41) is 2.84. The molecule has 2 heterocycles. The lowest BCUT2D eigenvalue weighted by atomic mass is 10.1. The molecule has 1 atom stereocenters. The highest BCUT2D eigenvalue weighted by atomic mass is 19.1. The highest BCUT2D eigenvalue weighted by molar-refractivity contribution is 5.76. The van der Waals surface area contributed by atoms with Crippen LogP contribution in [0, 0.1) is 5.82 Å². The summed E-state index contributed by atoms with van der Waals surface area (Å²) in [6, 6.07) is 6.31. The van der Waals surface area contributed by atoms with E-state index in [4.69, 9.17) is 4.74 Å². The number of rotatable bonds is 6. The Bertz CT molecular complexity index is 700. The molecule has 1 amide bonds. The Morgan fingerprint density at radius 2 is 2.08 bits per heavy atom. The van der Waals surface area contributed by atoms with Gasteiger partial charge >= 0.3 is 0 Å². The van der Waals surface area contributed by atoms with E-state index in [9.17, 15) is 9.18 Å². The molecule has 1 aromatic carbocycles. The van der Waals surface area contributed by atoms with Crippen LogP contribution < -0.4 is 5.32 Å². The van der Waals surface area contributed by atoms with Gasteiger partial charge < -0.3 is 10.1 Å². The van der Waals surface area contributed by atoms with E-state index < -0.39 is 0 Å². The first kappa shape index (κ1) is 17.5. The van der Waals surface area contributed by atoms with Gasteiger partial charge in [0.25, 0.3) is 0 Å². The predicted octanol–water partition coefficient (Wildman–Crippen LogP) is 3.11. The van der Waals surface area contributed by atoms with Gasteiger partial charge in [-0.15, -0.1) is 0 Å². The molecule has 1 aliphatic rings. The number of hydrogen-bond donors (Lipinski definition) is 1. The second kappa shape index (κ2) is 8.67. The van der Waals surface area contributed by atoms with Crippen molar-refractivity contribution in [3.05, 3.63) is 59.4 Å². The highest BCUT2D eigenvalue weighted by Gasteiger charge is 2.18. The molecule has 1 saturated heterocycles. The number of carbonyl (C=O) groups is 1. The van der Waals surface area contributed by atoms with E-state index in [1.807, 2.05) is 6.07 Å². The molecule has 3 rings (SSSR count). The van der Waals surface area contributed by atoms with Gasteiger partial charge in [0.05, 0.1) is 0 Å². The Labute approximate surface area is 146 Å². The molecule has 1 N–H and O–H groups in total. The Kier molecular flexibility index (Phi) is 6.06. The lowest BCUT2D eigenvalue weighted by Crippen LogP contribution is -2.23. The molecule has 5 nitrogen and oxygen atoms in total. The summed E-state index contributed by atoms with van der Waals surface area (Å²) >= 11 is 0. The number of aryl methyl sites for hydroxylation is 1. The fourth-order valence-corrected chi connectivity index (χ4v) is 2.81. The van der Waals surface area contributed by atoms with Gasteiger partial charge in [0.2, 0.25) is 5.91 Å². The summed E-state index contributed by atoms with van der Waals surface area (Å²) in [4.78, 5) is 20.6. The van der Waals surface area contributed by atoms with E-state index in [1.54, 1.807) is 18.5 Å². The number of halogens is 1. The van der Waals surface area contributed by atoms with Crippen molar-refractivity contribution in [3.63, 3.8) is 0 Å². The number of nitrogens with zero attached hydrogens (tertiary/aromatic N) is 2. The van der Waals surface area contributed by atoms with E-state index in [0.717, 1.165) is 37.0 Å². The van der Waals surface area contributed by atoms with Gasteiger partial charge in [-0.05, 0) is 43.4 Å². The molecule has 0 aliphatic carbocycles. The first-order valence-electron chi connectivity index (χ1n) is 8.64. The van der Waals surface area contributed by atoms with Crippen molar-refractivity contribution in [3.8, 4) is 0 Å². The molecular weight excluding hydrogens is 321 g/mol. The van der Waals surface area contributed by atoms with E-state index >= 15 is 0 Å². The summed E-state index contributed by atoms with van der Waals surface area (Å²) in [6.07, 6.45) is 7.46. The van der Waals surface area contributed by atoms with Crippen LogP contribution in [0.4, 0.5) is 4.39 Å². The minimum absolute atomic E-state index is 0.0105. The molecule has 1 fully saturated rings. The predicted molar refractivity (Wildman–Crippen MR) is 91.1 cm³/mol. The van der Waals surface area contributed by atoms with Gasteiger partial charge in [-0.2, -0.15) is 0 Å². The number of aromatic nitrogens is 2. The standard InChI is InChI=1S/C19H22FN3O2/c20-16-5-3-4-14(10-16)7-8-18(24)21-11-15-12-22-19(23-13-15)17-6-1-2-9-25-17/h3-5,10,12-13,17H,1-2,6-9,11H2,(H,21,24). The summed E-state index contributed by atoms with van der Waals surface area (Å²) in [7, 11) is 0. The van der Waals surface area contributed by atoms with Crippen LogP contribution in [0.5, 0.6) is 0 Å². The maximum Gasteiger partial charge on any atom is 0.220 e. The van der Waals surface area contributed by atoms with Crippen LogP contribution in [-0.4, -0.2) is 22.5 Å². The lowest BCUT2D eigenvalue weighted by molar-refractivity contribution is -0.121. The Hall–Kier alpha value is -2.34. The lowest BCUT2D eigenvalue weighted by Gasteiger charge is -2.21. The average molecular weight is 343 g/mol. The Morgan fingerprint density at radius 1 is 1.24 bits per heavy atom. The van der Waals surface area contributed by atoms with Crippen molar-refractivity contribution >= 4 is 5.91 Å². The van der Waals surface area contributed by atoms with Crippen molar-refractivity contribution in [1.82, 2.24) is 15.3 Å². The van der Waals surface area contributed by atoms with Crippen LogP contribution in [0.2, 0.25) is 0 Å². The molecule has 1 aliphatic heterocycles. The molecule has 6 heteroatoms. The third-order valence-corrected chi connectivity index (χ3v) is 4.21. The van der Waals surface area contributed by atoms with E-state index in [-0.39, 0.29) is 17.8 Å². The minimum Gasteiger partial charge on any atom is -0.370 e. The molecule has 132 valence electrons. The van der Waals surface area contributed by atoms with Crippen molar-refractivity contribution in [2.75, 3.05) is 6.61 Å². The minimum atomic E-state index is -0.280. The maximum atomic E-state index is 13.1. The zero-order chi connectivity index (χ0) is 17.5. The Morgan fingerprint density at radius 3 is 2.80 bits per heavy atom. The summed E-state index contributed by atoms with van der Waals surface area (Å²) in [5.41, 5.74) is 1.66. The monoisotopic (exact) mass is 343 g/mol. The van der Waals surface area contributed by atoms with E-state index in [0.29, 0.717) is 25.2 Å². The fourth-order valence-electron chi connectivity index (χ4n) is 2.81. The van der Waals surface area contributed by atoms with Gasteiger partial charge in [0.1, 0.15) is 11.9 Å². The van der Waals surface area contributed by atoms with Crippen LogP contribution >= 0.6 is 0 Å². The normalized spacial score (nSPS) is 17.2. The van der Waals surface area contributed by atoms with Gasteiger partial charge in [0, 0.05) is 37.5 Å². The molecule has 2 aromatic rings. The first-order chi connectivity index (χ1) is 12.2. The molecular formula is C19H22FN3O2. The van der Waals surface area contributed by atoms with Crippen LogP contribution in [0.15, 0.2) is 36.7 Å². The quantitative estimate of drug-likeness (QED) is 0.875. The average Bonchev–Trinajstić information content (AvgIpc) is 2.66. The number of benzene rings is 1. The SMILES string of the molecule is O=C(CCc1cccc(F)c1)NCc1cnc(C2CCCCO2)nc1. The van der Waals surface area contributed by atoms with Crippen molar-refractivity contribution in [2.45, 2.75) is 44.8 Å². The molecule has 25 heavy (non-hydrogen) atoms. The zero-order valence-corrected chi connectivity index (χ0v) is 14.1. The second-order valence-electron chi connectivity index (χ2n) is 6.21. The van der Waals surface area contributed by atoms with Crippen molar-refractivity contribution in [1.29, 1.82) is 0 Å². The van der Waals surface area contributed by atoms with Crippen LogP contribution in [0.25, 0.3) is 0 Å². The maximum absolute atomic E-state index is 13.1. The molecule has 0 bridgehead atoms. The van der Waals surface area contributed by atoms with Gasteiger partial charge in [-0.3, -0.25) is 4.79 Å². The molecule has 1 aromatic heterocycles. The number of hydrogen-bond acceptors (Lipinski definition) is 4. The number of carbonyl (C=O) groups excluding carboxylic acids is 1. The largest absolute Gasteiger partial charge is 0.370 e. The zero-order valence-electron chi connectivity index (χ0n) is 14.1. The van der Waals surface area contributed by atoms with Crippen molar-refractivity contribution in [2.24, 2.45) is 0 Å². The van der Waals surface area contributed by atoms with Crippen LogP contribution in [-0.2, 0) is 22.5 Å². The molecule has 0 radical (unpaired) electrons. The number of ether oxygens (including phenoxy) is 1. The van der Waals surface area contributed by atoms with E-state index in [2.05, 4.69) is 15.3 Å².